The van der Waals surface area contributed by atoms with Gasteiger partial charge in [0.25, 0.3) is 0 Å². The number of nitrogens with zero attached hydrogens (tertiary/aromatic N) is 3. The minimum absolute atomic E-state index is 0.144. The summed E-state index contributed by atoms with van der Waals surface area (Å²) in [6.07, 6.45) is 0. The molecule has 1 heterocycles. The summed E-state index contributed by atoms with van der Waals surface area (Å²) in [5, 5.41) is 22.1. The second kappa shape index (κ2) is 9.86. The van der Waals surface area contributed by atoms with Gasteiger partial charge >= 0.3 is 0 Å². The zero-order valence-electron chi connectivity index (χ0n) is 15.5. The van der Waals surface area contributed by atoms with Gasteiger partial charge in [0.15, 0.2) is 5.96 Å². The fourth-order valence-corrected chi connectivity index (χ4v) is 3.49. The molecule has 0 unspecified atom stereocenters. The fourth-order valence-electron chi connectivity index (χ4n) is 3.08. The minimum atomic E-state index is -0.295. The number of aliphatic hydroxyl groups is 1. The van der Waals surface area contributed by atoms with Crippen molar-refractivity contribution in [3.8, 4) is 5.75 Å². The van der Waals surface area contributed by atoms with Crippen LogP contribution in [-0.4, -0.2) is 65.3 Å². The van der Waals surface area contributed by atoms with Gasteiger partial charge in [0, 0.05) is 54.5 Å². The second-order valence-electron chi connectivity index (χ2n) is 6.60. The van der Waals surface area contributed by atoms with E-state index >= 15 is 0 Å². The predicted molar refractivity (Wildman–Crippen MR) is 112 cm³/mol. The number of nitrogens with one attached hydrogen (secondary N) is 1. The Hall–Kier alpha value is -2.16. The first-order valence-electron chi connectivity index (χ1n) is 9.18. The molecule has 0 aromatic heterocycles. The number of rotatable bonds is 5. The van der Waals surface area contributed by atoms with E-state index in [9.17, 15) is 9.50 Å². The fraction of sp³-hybridized carbons (Fsp3) is 0.350. The highest BCUT2D eigenvalue weighted by atomic mass is 79.9. The number of phenols is 1. The van der Waals surface area contributed by atoms with Crippen LogP contribution < -0.4 is 5.32 Å². The van der Waals surface area contributed by atoms with E-state index in [2.05, 4.69) is 36.0 Å². The van der Waals surface area contributed by atoms with E-state index in [0.717, 1.165) is 30.7 Å². The highest BCUT2D eigenvalue weighted by molar-refractivity contribution is 9.10. The number of piperazine rings is 1. The third kappa shape index (κ3) is 5.67. The molecule has 0 saturated carbocycles. The molecule has 150 valence electrons. The quantitative estimate of drug-likeness (QED) is 0.482. The van der Waals surface area contributed by atoms with Crippen molar-refractivity contribution in [2.24, 2.45) is 4.99 Å². The van der Waals surface area contributed by atoms with E-state index in [-0.39, 0.29) is 24.7 Å². The number of benzene rings is 2. The molecule has 1 fully saturated rings. The number of aliphatic hydroxyl groups excluding tert-OH is 1. The monoisotopic (exact) mass is 450 g/mol. The maximum atomic E-state index is 14.1. The van der Waals surface area contributed by atoms with Gasteiger partial charge in [0.05, 0.1) is 13.2 Å². The van der Waals surface area contributed by atoms with Gasteiger partial charge in [-0.3, -0.25) is 4.90 Å². The minimum Gasteiger partial charge on any atom is -0.508 e. The van der Waals surface area contributed by atoms with Crippen molar-refractivity contribution < 1.29 is 14.6 Å². The van der Waals surface area contributed by atoms with Gasteiger partial charge in [-0.25, -0.2) is 9.38 Å². The standard InChI is InChI=1S/C20H24BrFN4O2/c21-16-4-5-19(22)15(12-16)14-23-20(24-17-2-1-3-18(28)13-17)26-8-6-25(7-9-26)10-11-27/h1-5,12-13,27-28H,6-11,14H2,(H,23,24). The molecule has 0 bridgehead atoms. The van der Waals surface area contributed by atoms with E-state index in [1.807, 2.05) is 6.07 Å². The van der Waals surface area contributed by atoms with Gasteiger partial charge in [-0.15, -0.1) is 0 Å². The average molecular weight is 451 g/mol. The summed E-state index contributed by atoms with van der Waals surface area (Å²) < 4.78 is 14.9. The molecule has 2 aromatic carbocycles. The molecular formula is C20H24BrFN4O2. The molecule has 2 aromatic rings. The summed E-state index contributed by atoms with van der Waals surface area (Å²) in [5.74, 6) is 0.500. The lowest BCUT2D eigenvalue weighted by Gasteiger charge is -2.36. The third-order valence-electron chi connectivity index (χ3n) is 4.60. The number of aliphatic imine (C=N–C) groups is 1. The van der Waals surface area contributed by atoms with Crippen LogP contribution in [0.2, 0.25) is 0 Å². The highest BCUT2D eigenvalue weighted by Crippen LogP contribution is 2.19. The molecular weight excluding hydrogens is 427 g/mol. The summed E-state index contributed by atoms with van der Waals surface area (Å²) in [5.41, 5.74) is 1.22. The summed E-state index contributed by atoms with van der Waals surface area (Å²) >= 11 is 3.37. The SMILES string of the molecule is OCCN1CCN(C(=NCc2cc(Br)ccc2F)Nc2cccc(O)c2)CC1. The van der Waals surface area contributed by atoms with Crippen LogP contribution in [0.4, 0.5) is 10.1 Å². The zero-order valence-corrected chi connectivity index (χ0v) is 17.1. The molecule has 3 rings (SSSR count). The van der Waals surface area contributed by atoms with Crippen molar-refractivity contribution in [3.05, 3.63) is 58.3 Å². The number of anilines is 1. The van der Waals surface area contributed by atoms with Crippen LogP contribution in [0.5, 0.6) is 5.75 Å². The van der Waals surface area contributed by atoms with Crippen LogP contribution >= 0.6 is 15.9 Å². The molecule has 0 atom stereocenters. The summed E-state index contributed by atoms with van der Waals surface area (Å²) in [6.45, 7) is 4.10. The molecule has 0 spiro atoms. The van der Waals surface area contributed by atoms with Gasteiger partial charge in [-0.1, -0.05) is 22.0 Å². The average Bonchev–Trinajstić information content (AvgIpc) is 2.68. The molecule has 6 nitrogen and oxygen atoms in total. The van der Waals surface area contributed by atoms with Crippen LogP contribution in [0.25, 0.3) is 0 Å². The van der Waals surface area contributed by atoms with Crippen LogP contribution in [-0.2, 0) is 6.54 Å². The number of guanidine groups is 1. The summed E-state index contributed by atoms with van der Waals surface area (Å²) in [4.78, 5) is 8.93. The van der Waals surface area contributed by atoms with Crippen molar-refractivity contribution >= 4 is 27.6 Å². The van der Waals surface area contributed by atoms with Crippen molar-refractivity contribution in [1.82, 2.24) is 9.80 Å². The second-order valence-corrected chi connectivity index (χ2v) is 7.52. The Morgan fingerprint density at radius 1 is 1.14 bits per heavy atom. The van der Waals surface area contributed by atoms with Gasteiger partial charge in [-0.2, -0.15) is 0 Å². The third-order valence-corrected chi connectivity index (χ3v) is 5.09. The molecule has 1 aliphatic rings. The van der Waals surface area contributed by atoms with Gasteiger partial charge < -0.3 is 20.4 Å². The Balaban J connectivity index is 1.78. The van der Waals surface area contributed by atoms with Gasteiger partial charge in [-0.05, 0) is 30.3 Å². The van der Waals surface area contributed by atoms with Crippen LogP contribution in [0.1, 0.15) is 5.56 Å². The molecule has 28 heavy (non-hydrogen) atoms. The Labute approximate surface area is 172 Å². The Morgan fingerprint density at radius 3 is 2.64 bits per heavy atom. The van der Waals surface area contributed by atoms with E-state index in [4.69, 9.17) is 5.11 Å². The lowest BCUT2D eigenvalue weighted by molar-refractivity contribution is 0.147. The Kier molecular flexibility index (Phi) is 7.24. The summed E-state index contributed by atoms with van der Waals surface area (Å²) in [6, 6.07) is 11.6. The van der Waals surface area contributed by atoms with Crippen LogP contribution in [0.15, 0.2) is 51.9 Å². The van der Waals surface area contributed by atoms with Gasteiger partial charge in [0.1, 0.15) is 11.6 Å². The molecule has 8 heteroatoms. The maximum Gasteiger partial charge on any atom is 0.198 e. The maximum absolute atomic E-state index is 14.1. The first-order valence-corrected chi connectivity index (χ1v) is 9.97. The first kappa shape index (κ1) is 20.6. The van der Waals surface area contributed by atoms with Crippen molar-refractivity contribution in [1.29, 1.82) is 0 Å². The number of β-amino-alcohol motifs (C(OH)–C–C–N with tert-alkyl or cyclic N) is 1. The number of hydrogen-bond acceptors (Lipinski definition) is 4. The number of halogens is 2. The predicted octanol–water partition coefficient (Wildman–Crippen LogP) is 2.87. The zero-order chi connectivity index (χ0) is 19.9. The molecule has 0 radical (unpaired) electrons. The van der Waals surface area contributed by atoms with E-state index in [1.165, 1.54) is 6.07 Å². The van der Waals surface area contributed by atoms with Crippen molar-refractivity contribution in [2.45, 2.75) is 6.54 Å². The molecule has 0 aliphatic carbocycles. The largest absolute Gasteiger partial charge is 0.508 e. The molecule has 1 saturated heterocycles. The summed E-state index contributed by atoms with van der Waals surface area (Å²) in [7, 11) is 0. The van der Waals surface area contributed by atoms with E-state index < -0.39 is 0 Å². The molecule has 3 N–H and O–H groups in total. The van der Waals surface area contributed by atoms with E-state index in [1.54, 1.807) is 30.3 Å². The van der Waals surface area contributed by atoms with Crippen molar-refractivity contribution in [2.75, 3.05) is 44.6 Å². The highest BCUT2D eigenvalue weighted by Gasteiger charge is 2.20. The lowest BCUT2D eigenvalue weighted by Crippen LogP contribution is -2.51. The topological polar surface area (TPSA) is 71.3 Å². The Bertz CT molecular complexity index is 826. The molecule has 0 amide bonds. The van der Waals surface area contributed by atoms with Crippen LogP contribution in [0.3, 0.4) is 0 Å². The first-order chi connectivity index (χ1) is 13.5. The number of phenolic OH excluding ortho intramolecular Hbond substituents is 1. The van der Waals surface area contributed by atoms with Crippen LogP contribution in [0, 0.1) is 5.82 Å². The van der Waals surface area contributed by atoms with Crippen molar-refractivity contribution in [3.63, 3.8) is 0 Å². The normalized spacial score (nSPS) is 15.7. The smallest absolute Gasteiger partial charge is 0.198 e. The lowest BCUT2D eigenvalue weighted by atomic mass is 10.2. The molecule has 1 aliphatic heterocycles. The van der Waals surface area contributed by atoms with Gasteiger partial charge in [0.2, 0.25) is 0 Å². The number of hydrogen-bond donors (Lipinski definition) is 3. The van der Waals surface area contributed by atoms with E-state index in [0.29, 0.717) is 23.8 Å². The number of aromatic hydroxyl groups is 1. The Morgan fingerprint density at radius 2 is 1.93 bits per heavy atom.